The van der Waals surface area contributed by atoms with Crippen LogP contribution in [0.2, 0.25) is 0 Å². The molecule has 2 rings (SSSR count). The largest absolute Gasteiger partial charge is 0.489 e. The van der Waals surface area contributed by atoms with E-state index in [2.05, 4.69) is 0 Å². The molecular formula is C14H18N2O4. The fourth-order valence-corrected chi connectivity index (χ4v) is 2.15. The predicted octanol–water partition coefficient (Wildman–Crippen LogP) is 2.64. The van der Waals surface area contributed by atoms with Crippen LogP contribution in [-0.4, -0.2) is 24.5 Å². The van der Waals surface area contributed by atoms with Crippen LogP contribution in [0.5, 0.6) is 5.75 Å². The average molecular weight is 278 g/mol. The number of carbonyl (C=O) groups excluding carboxylic acids is 1. The summed E-state index contributed by atoms with van der Waals surface area (Å²) in [4.78, 5) is 23.9. The summed E-state index contributed by atoms with van der Waals surface area (Å²) in [5.41, 5.74) is 0.942. The molecule has 0 N–H and O–H groups in total. The van der Waals surface area contributed by atoms with Gasteiger partial charge in [-0.15, -0.1) is 0 Å². The van der Waals surface area contributed by atoms with E-state index < -0.39 is 4.92 Å². The average Bonchev–Trinajstić information content (AvgIpc) is 2.34. The first-order chi connectivity index (χ1) is 9.25. The molecule has 1 heterocycles. The van der Waals surface area contributed by atoms with Crippen molar-refractivity contribution >= 4 is 17.3 Å². The molecule has 108 valence electrons. The van der Waals surface area contributed by atoms with Crippen molar-refractivity contribution in [3.05, 3.63) is 27.8 Å². The Morgan fingerprint density at radius 1 is 1.35 bits per heavy atom. The van der Waals surface area contributed by atoms with Crippen molar-refractivity contribution in [3.8, 4) is 5.75 Å². The van der Waals surface area contributed by atoms with Gasteiger partial charge < -0.3 is 9.64 Å². The molecule has 0 spiro atoms. The maximum Gasteiger partial charge on any atom is 0.313 e. The highest BCUT2D eigenvalue weighted by Gasteiger charge is 2.33. The summed E-state index contributed by atoms with van der Waals surface area (Å²) in [5.74, 6) is 0.111. The summed E-state index contributed by atoms with van der Waals surface area (Å²) < 4.78 is 5.18. The van der Waals surface area contributed by atoms with Crippen molar-refractivity contribution in [2.24, 2.45) is 0 Å². The molecule has 0 bridgehead atoms. The zero-order valence-corrected chi connectivity index (χ0v) is 12.1. The Balaban J connectivity index is 2.66. The van der Waals surface area contributed by atoms with E-state index in [9.17, 15) is 14.9 Å². The monoisotopic (exact) mass is 278 g/mol. The molecule has 1 amide bonds. The van der Waals surface area contributed by atoms with E-state index in [1.165, 1.54) is 18.1 Å². The molecule has 0 unspecified atom stereocenters. The van der Waals surface area contributed by atoms with Crippen LogP contribution in [-0.2, 0) is 10.2 Å². The number of hydrogen-bond donors (Lipinski definition) is 0. The second kappa shape index (κ2) is 4.77. The Kier molecular flexibility index (Phi) is 3.41. The van der Waals surface area contributed by atoms with Crippen molar-refractivity contribution in [2.45, 2.75) is 32.6 Å². The van der Waals surface area contributed by atoms with Crippen LogP contribution < -0.4 is 9.64 Å². The van der Waals surface area contributed by atoms with Crippen LogP contribution >= 0.6 is 0 Å². The third-order valence-electron chi connectivity index (χ3n) is 3.46. The molecule has 0 saturated carbocycles. The number of β-lactam (4-membered cyclic amide) rings is 1. The number of ether oxygens (including phenoxy) is 1. The zero-order valence-electron chi connectivity index (χ0n) is 12.1. The van der Waals surface area contributed by atoms with E-state index in [0.29, 0.717) is 18.7 Å². The van der Waals surface area contributed by atoms with Gasteiger partial charge in [-0.05, 0) is 17.0 Å². The summed E-state index contributed by atoms with van der Waals surface area (Å²) in [7, 11) is 1.38. The number of hydrogen-bond acceptors (Lipinski definition) is 4. The molecule has 0 aromatic heterocycles. The maximum atomic E-state index is 11.6. The van der Waals surface area contributed by atoms with E-state index in [-0.39, 0.29) is 22.8 Å². The number of nitro groups is 1. The molecule has 1 aromatic rings. The number of rotatable bonds is 3. The number of carbonyl (C=O) groups is 1. The number of amides is 1. The van der Waals surface area contributed by atoms with Crippen molar-refractivity contribution in [1.29, 1.82) is 0 Å². The second-order valence-corrected chi connectivity index (χ2v) is 5.85. The molecule has 0 atom stereocenters. The van der Waals surface area contributed by atoms with Crippen molar-refractivity contribution in [2.75, 3.05) is 18.6 Å². The highest BCUT2D eigenvalue weighted by Crippen LogP contribution is 2.43. The lowest BCUT2D eigenvalue weighted by atomic mass is 9.86. The molecule has 6 nitrogen and oxygen atoms in total. The molecule has 1 fully saturated rings. The SMILES string of the molecule is COc1c(N2CCC2=O)cc(C(C)(C)C)cc1[N+](=O)[O-]. The van der Waals surface area contributed by atoms with Crippen LogP contribution in [0.15, 0.2) is 12.1 Å². The molecule has 1 aliphatic heterocycles. The minimum atomic E-state index is -0.470. The Morgan fingerprint density at radius 3 is 2.35 bits per heavy atom. The summed E-state index contributed by atoms with van der Waals surface area (Å²) in [6.45, 7) is 6.49. The standard InChI is InChI=1S/C14H18N2O4/c1-14(2,3)9-7-10(15-6-5-12(15)17)13(20-4)11(8-9)16(18)19/h7-8H,5-6H2,1-4H3. The topological polar surface area (TPSA) is 72.7 Å². The minimum absolute atomic E-state index is 0.0383. The first-order valence-corrected chi connectivity index (χ1v) is 6.43. The molecule has 0 aliphatic carbocycles. The maximum absolute atomic E-state index is 11.6. The van der Waals surface area contributed by atoms with Gasteiger partial charge in [-0.2, -0.15) is 0 Å². The van der Waals surface area contributed by atoms with Crippen LogP contribution in [0.1, 0.15) is 32.8 Å². The molecule has 6 heteroatoms. The highest BCUT2D eigenvalue weighted by atomic mass is 16.6. The lowest BCUT2D eigenvalue weighted by molar-refractivity contribution is -0.385. The van der Waals surface area contributed by atoms with Gasteiger partial charge in [-0.3, -0.25) is 14.9 Å². The van der Waals surface area contributed by atoms with Gasteiger partial charge in [0.15, 0.2) is 0 Å². The molecule has 1 saturated heterocycles. The Labute approximate surface area is 117 Å². The summed E-state index contributed by atoms with van der Waals surface area (Å²) in [6.07, 6.45) is 0.469. The van der Waals surface area contributed by atoms with Crippen molar-refractivity contribution < 1.29 is 14.5 Å². The van der Waals surface area contributed by atoms with Crippen LogP contribution in [0.4, 0.5) is 11.4 Å². The van der Waals surface area contributed by atoms with Crippen LogP contribution in [0.3, 0.4) is 0 Å². The van der Waals surface area contributed by atoms with E-state index in [0.717, 1.165) is 5.56 Å². The number of nitro benzene ring substituents is 1. The number of methoxy groups -OCH3 is 1. The lowest BCUT2D eigenvalue weighted by Gasteiger charge is -2.33. The Hall–Kier alpha value is -2.11. The molecule has 0 radical (unpaired) electrons. The van der Waals surface area contributed by atoms with Gasteiger partial charge in [0.05, 0.1) is 17.7 Å². The van der Waals surface area contributed by atoms with Crippen LogP contribution in [0, 0.1) is 10.1 Å². The van der Waals surface area contributed by atoms with Gasteiger partial charge in [-0.1, -0.05) is 20.8 Å². The van der Waals surface area contributed by atoms with E-state index >= 15 is 0 Å². The summed E-state index contributed by atoms with van der Waals surface area (Å²) >= 11 is 0. The number of benzene rings is 1. The summed E-state index contributed by atoms with van der Waals surface area (Å²) in [6, 6.07) is 3.33. The van der Waals surface area contributed by atoms with Crippen molar-refractivity contribution in [1.82, 2.24) is 0 Å². The second-order valence-electron chi connectivity index (χ2n) is 5.85. The fraction of sp³-hybridized carbons (Fsp3) is 0.500. The predicted molar refractivity (Wildman–Crippen MR) is 75.3 cm³/mol. The first kappa shape index (κ1) is 14.3. The minimum Gasteiger partial charge on any atom is -0.489 e. The van der Waals surface area contributed by atoms with E-state index in [1.807, 2.05) is 26.8 Å². The van der Waals surface area contributed by atoms with Crippen molar-refractivity contribution in [3.63, 3.8) is 0 Å². The highest BCUT2D eigenvalue weighted by molar-refractivity contribution is 6.01. The van der Waals surface area contributed by atoms with E-state index in [4.69, 9.17) is 4.74 Å². The Morgan fingerprint density at radius 2 is 2.00 bits per heavy atom. The number of nitrogens with zero attached hydrogens (tertiary/aromatic N) is 2. The van der Waals surface area contributed by atoms with E-state index in [1.54, 1.807) is 0 Å². The molecular weight excluding hydrogens is 260 g/mol. The van der Waals surface area contributed by atoms with Gasteiger partial charge in [0.2, 0.25) is 11.7 Å². The zero-order chi connectivity index (χ0) is 15.1. The normalized spacial score (nSPS) is 15.0. The van der Waals surface area contributed by atoms with Crippen LogP contribution in [0.25, 0.3) is 0 Å². The third-order valence-corrected chi connectivity index (χ3v) is 3.46. The fourth-order valence-electron chi connectivity index (χ4n) is 2.15. The van der Waals surface area contributed by atoms with Gasteiger partial charge >= 0.3 is 5.69 Å². The smallest absolute Gasteiger partial charge is 0.313 e. The molecule has 1 aromatic carbocycles. The van der Waals surface area contributed by atoms with Gasteiger partial charge in [0.25, 0.3) is 0 Å². The quantitative estimate of drug-likeness (QED) is 0.484. The molecule has 20 heavy (non-hydrogen) atoms. The summed E-state index contributed by atoms with van der Waals surface area (Å²) in [5, 5.41) is 11.2. The molecule has 1 aliphatic rings. The van der Waals surface area contributed by atoms with Gasteiger partial charge in [0, 0.05) is 19.0 Å². The first-order valence-electron chi connectivity index (χ1n) is 6.43. The Bertz CT molecular complexity index is 575. The lowest BCUT2D eigenvalue weighted by Crippen LogP contribution is -2.43. The number of anilines is 1. The third kappa shape index (κ3) is 2.33. The van der Waals surface area contributed by atoms with Gasteiger partial charge in [0.1, 0.15) is 0 Å². The van der Waals surface area contributed by atoms with Gasteiger partial charge in [-0.25, -0.2) is 0 Å².